The highest BCUT2D eigenvalue weighted by atomic mass is 19.3. The first-order valence-electron chi connectivity index (χ1n) is 5.83. The van der Waals surface area contributed by atoms with E-state index in [0.717, 1.165) is 11.6 Å². The minimum atomic E-state index is -2.98. The highest BCUT2D eigenvalue weighted by Gasteiger charge is 2.15. The number of aryl methyl sites for hydroxylation is 1. The lowest BCUT2D eigenvalue weighted by atomic mass is 10.0. The Kier molecular flexibility index (Phi) is 4.08. The van der Waals surface area contributed by atoms with Crippen LogP contribution in [0.5, 0.6) is 5.75 Å². The van der Waals surface area contributed by atoms with Gasteiger partial charge in [-0.25, -0.2) is 4.39 Å². The molecule has 0 aliphatic heterocycles. The molecule has 0 spiro atoms. The summed E-state index contributed by atoms with van der Waals surface area (Å²) in [5.41, 5.74) is 0.724. The summed E-state index contributed by atoms with van der Waals surface area (Å²) in [4.78, 5) is 12.2. The van der Waals surface area contributed by atoms with Crippen LogP contribution in [0.2, 0.25) is 0 Å². The molecular formula is C15H11F3O2. The number of halogens is 3. The van der Waals surface area contributed by atoms with Crippen LogP contribution in [0.3, 0.4) is 0 Å². The van der Waals surface area contributed by atoms with Crippen LogP contribution in [0.25, 0.3) is 0 Å². The van der Waals surface area contributed by atoms with Crippen molar-refractivity contribution in [1.82, 2.24) is 0 Å². The molecule has 2 aromatic carbocycles. The van der Waals surface area contributed by atoms with Gasteiger partial charge in [0.25, 0.3) is 0 Å². The molecule has 2 rings (SSSR count). The van der Waals surface area contributed by atoms with Gasteiger partial charge in [-0.3, -0.25) is 4.79 Å². The number of carbonyl (C=O) groups is 1. The van der Waals surface area contributed by atoms with Crippen LogP contribution in [-0.4, -0.2) is 12.4 Å². The average Bonchev–Trinajstić information content (AvgIpc) is 2.40. The number of rotatable bonds is 4. The molecular weight excluding hydrogens is 269 g/mol. The van der Waals surface area contributed by atoms with Gasteiger partial charge in [0.2, 0.25) is 0 Å². The predicted octanol–water partition coefficient (Wildman–Crippen LogP) is 3.97. The van der Waals surface area contributed by atoms with Crippen molar-refractivity contribution in [3.63, 3.8) is 0 Å². The Balaban J connectivity index is 2.35. The van der Waals surface area contributed by atoms with E-state index in [2.05, 4.69) is 4.74 Å². The molecule has 0 aromatic heterocycles. The Bertz CT molecular complexity index is 639. The van der Waals surface area contributed by atoms with E-state index in [-0.39, 0.29) is 16.9 Å². The molecule has 0 amide bonds. The number of hydrogen-bond acceptors (Lipinski definition) is 2. The second kappa shape index (κ2) is 5.77. The van der Waals surface area contributed by atoms with Gasteiger partial charge in [-0.2, -0.15) is 8.78 Å². The van der Waals surface area contributed by atoms with E-state index in [0.29, 0.717) is 0 Å². The van der Waals surface area contributed by atoms with Gasteiger partial charge in [-0.1, -0.05) is 23.8 Å². The van der Waals surface area contributed by atoms with Crippen molar-refractivity contribution in [2.45, 2.75) is 13.5 Å². The van der Waals surface area contributed by atoms with E-state index < -0.39 is 18.2 Å². The normalized spacial score (nSPS) is 10.7. The Labute approximate surface area is 113 Å². The minimum Gasteiger partial charge on any atom is -0.435 e. The number of hydrogen-bond donors (Lipinski definition) is 0. The summed E-state index contributed by atoms with van der Waals surface area (Å²) in [6.45, 7) is -1.25. The number of benzene rings is 2. The van der Waals surface area contributed by atoms with Crippen molar-refractivity contribution in [2.75, 3.05) is 0 Å². The van der Waals surface area contributed by atoms with Crippen LogP contribution in [0.1, 0.15) is 21.5 Å². The molecule has 0 aliphatic carbocycles. The Morgan fingerprint density at radius 1 is 1.15 bits per heavy atom. The summed E-state index contributed by atoms with van der Waals surface area (Å²) in [5, 5.41) is 0. The molecule has 0 saturated heterocycles. The van der Waals surface area contributed by atoms with E-state index >= 15 is 0 Å². The fourth-order valence-electron chi connectivity index (χ4n) is 1.78. The largest absolute Gasteiger partial charge is 0.435 e. The average molecular weight is 280 g/mol. The van der Waals surface area contributed by atoms with Crippen LogP contribution in [-0.2, 0) is 0 Å². The lowest BCUT2D eigenvalue weighted by molar-refractivity contribution is -0.0498. The molecule has 5 heteroatoms. The molecule has 0 atom stereocenters. The molecule has 0 heterocycles. The van der Waals surface area contributed by atoms with E-state index in [1.807, 2.05) is 0 Å². The van der Waals surface area contributed by atoms with Crippen LogP contribution in [0.4, 0.5) is 13.2 Å². The predicted molar refractivity (Wildman–Crippen MR) is 67.6 cm³/mol. The lowest BCUT2D eigenvalue weighted by Gasteiger charge is -2.07. The van der Waals surface area contributed by atoms with Gasteiger partial charge < -0.3 is 4.74 Å². The third-order valence-corrected chi connectivity index (χ3v) is 2.69. The first-order chi connectivity index (χ1) is 9.47. The fraction of sp³-hybridized carbons (Fsp3) is 0.133. The van der Waals surface area contributed by atoms with Crippen LogP contribution >= 0.6 is 0 Å². The third kappa shape index (κ3) is 3.17. The highest BCUT2D eigenvalue weighted by molar-refractivity contribution is 6.09. The van der Waals surface area contributed by atoms with Crippen LogP contribution < -0.4 is 4.74 Å². The first kappa shape index (κ1) is 14.1. The summed E-state index contributed by atoms with van der Waals surface area (Å²) in [5.74, 6) is -1.37. The van der Waals surface area contributed by atoms with Crippen molar-refractivity contribution in [3.05, 3.63) is 65.0 Å². The quantitative estimate of drug-likeness (QED) is 0.792. The second-order valence-electron chi connectivity index (χ2n) is 4.22. The van der Waals surface area contributed by atoms with Gasteiger partial charge in [0.1, 0.15) is 11.6 Å². The Morgan fingerprint density at radius 3 is 2.60 bits per heavy atom. The van der Waals surface area contributed by atoms with Gasteiger partial charge in [-0.15, -0.1) is 0 Å². The summed E-state index contributed by atoms with van der Waals surface area (Å²) < 4.78 is 42.1. The number of alkyl halides is 2. The molecule has 0 unspecified atom stereocenters. The minimum absolute atomic E-state index is 0.0904. The third-order valence-electron chi connectivity index (χ3n) is 2.69. The zero-order chi connectivity index (χ0) is 14.7. The molecule has 0 aliphatic rings. The molecule has 0 radical (unpaired) electrons. The summed E-state index contributed by atoms with van der Waals surface area (Å²) in [6.07, 6.45) is 0. The molecule has 0 bridgehead atoms. The second-order valence-corrected chi connectivity index (χ2v) is 4.22. The van der Waals surface area contributed by atoms with Gasteiger partial charge in [-0.05, 0) is 31.2 Å². The van der Waals surface area contributed by atoms with Crippen LogP contribution in [0.15, 0.2) is 42.5 Å². The molecule has 0 saturated carbocycles. The van der Waals surface area contributed by atoms with Gasteiger partial charge in [0.05, 0.1) is 5.56 Å². The van der Waals surface area contributed by atoms with E-state index in [1.165, 1.54) is 30.3 Å². The summed E-state index contributed by atoms with van der Waals surface area (Å²) in [6, 6.07) is 9.44. The first-order valence-corrected chi connectivity index (χ1v) is 5.83. The van der Waals surface area contributed by atoms with Crippen molar-refractivity contribution in [2.24, 2.45) is 0 Å². The zero-order valence-corrected chi connectivity index (χ0v) is 10.6. The summed E-state index contributed by atoms with van der Waals surface area (Å²) >= 11 is 0. The smallest absolute Gasteiger partial charge is 0.387 e. The number of carbonyl (C=O) groups excluding carboxylic acids is 1. The van der Waals surface area contributed by atoms with Crippen molar-refractivity contribution in [3.8, 4) is 5.75 Å². The summed E-state index contributed by atoms with van der Waals surface area (Å²) in [7, 11) is 0. The van der Waals surface area contributed by atoms with Crippen molar-refractivity contribution in [1.29, 1.82) is 0 Å². The van der Waals surface area contributed by atoms with Gasteiger partial charge >= 0.3 is 6.61 Å². The molecule has 20 heavy (non-hydrogen) atoms. The maximum Gasteiger partial charge on any atom is 0.387 e. The molecule has 2 aromatic rings. The van der Waals surface area contributed by atoms with E-state index in [9.17, 15) is 18.0 Å². The number of ether oxygens (including phenoxy) is 1. The van der Waals surface area contributed by atoms with Gasteiger partial charge in [0.15, 0.2) is 5.78 Å². The van der Waals surface area contributed by atoms with E-state index in [1.54, 1.807) is 13.0 Å². The lowest BCUT2D eigenvalue weighted by Crippen LogP contribution is -2.06. The SMILES string of the molecule is Cc1ccc(F)c(C(=O)c2cccc(OC(F)F)c2)c1. The Morgan fingerprint density at radius 2 is 1.90 bits per heavy atom. The van der Waals surface area contributed by atoms with Gasteiger partial charge in [0, 0.05) is 5.56 Å². The Hall–Kier alpha value is -2.30. The monoisotopic (exact) mass is 280 g/mol. The van der Waals surface area contributed by atoms with Crippen molar-refractivity contribution >= 4 is 5.78 Å². The van der Waals surface area contributed by atoms with E-state index in [4.69, 9.17) is 0 Å². The zero-order valence-electron chi connectivity index (χ0n) is 10.6. The number of ketones is 1. The highest BCUT2D eigenvalue weighted by Crippen LogP contribution is 2.20. The molecule has 0 N–H and O–H groups in total. The van der Waals surface area contributed by atoms with Crippen molar-refractivity contribution < 1.29 is 22.7 Å². The van der Waals surface area contributed by atoms with Crippen LogP contribution in [0, 0.1) is 12.7 Å². The molecule has 104 valence electrons. The molecule has 2 nitrogen and oxygen atoms in total. The maximum atomic E-state index is 13.6. The topological polar surface area (TPSA) is 26.3 Å². The standard InChI is InChI=1S/C15H11F3O2/c1-9-5-6-13(16)12(7-9)14(19)10-3-2-4-11(8-10)20-15(17)18/h2-8,15H,1H3. The maximum absolute atomic E-state index is 13.6. The molecule has 0 fully saturated rings. The fourth-order valence-corrected chi connectivity index (χ4v) is 1.78.